The van der Waals surface area contributed by atoms with Crippen LogP contribution in [0.3, 0.4) is 0 Å². The monoisotopic (exact) mass is 191 g/mol. The van der Waals surface area contributed by atoms with E-state index in [1.807, 2.05) is 0 Å². The molecule has 0 radical (unpaired) electrons. The normalized spacial score (nSPS) is 25.8. The van der Waals surface area contributed by atoms with E-state index in [0.717, 1.165) is 6.08 Å². The number of hydrogen-bond acceptors (Lipinski definition) is 3. The number of rotatable bonds is 1. The van der Waals surface area contributed by atoms with Crippen molar-refractivity contribution in [2.24, 2.45) is 0 Å². The van der Waals surface area contributed by atoms with Crippen LogP contribution in [0.25, 0.3) is 0 Å². The zero-order chi connectivity index (χ0) is 10.2. The summed E-state index contributed by atoms with van der Waals surface area (Å²) < 4.78 is 0. The van der Waals surface area contributed by atoms with Gasteiger partial charge in [0.15, 0.2) is 11.5 Å². The second-order valence-electron chi connectivity index (χ2n) is 3.12. The molecule has 1 aromatic rings. The minimum Gasteiger partial charge on any atom is -0.503 e. The van der Waals surface area contributed by atoms with Gasteiger partial charge in [-0.05, 0) is 0 Å². The second-order valence-corrected chi connectivity index (χ2v) is 3.12. The second kappa shape index (κ2) is 2.85. The highest BCUT2D eigenvalue weighted by molar-refractivity contribution is 5.94. The van der Waals surface area contributed by atoms with Crippen molar-refractivity contribution in [2.75, 3.05) is 0 Å². The van der Waals surface area contributed by atoms with Crippen LogP contribution in [-0.2, 0) is 10.5 Å². The van der Waals surface area contributed by atoms with Gasteiger partial charge in [-0.1, -0.05) is 30.3 Å². The number of hydrogen-bond donors (Lipinski definition) is 3. The van der Waals surface area contributed by atoms with Crippen molar-refractivity contribution in [3.63, 3.8) is 0 Å². The van der Waals surface area contributed by atoms with Gasteiger partial charge in [-0.25, -0.2) is 0 Å². The summed E-state index contributed by atoms with van der Waals surface area (Å²) in [5, 5.41) is 21.3. The van der Waals surface area contributed by atoms with Crippen molar-refractivity contribution in [2.45, 2.75) is 5.72 Å². The Morgan fingerprint density at radius 1 is 1.21 bits per heavy atom. The molecule has 1 aliphatic heterocycles. The molecule has 1 unspecified atom stereocenters. The number of carbonyl (C=O) groups is 1. The Morgan fingerprint density at radius 3 is 2.36 bits per heavy atom. The van der Waals surface area contributed by atoms with Crippen LogP contribution >= 0.6 is 0 Å². The third kappa shape index (κ3) is 1.25. The Bertz CT molecular complexity index is 399. The maximum atomic E-state index is 11.0. The third-order valence-electron chi connectivity index (χ3n) is 2.10. The Hall–Kier alpha value is -1.81. The standard InChI is InChI=1S/C10H9NO3/c12-8-6-10(14,11-9(8)13)7-4-2-1-3-5-7/h1-6,12,14H,(H,11,13). The highest BCUT2D eigenvalue weighted by atomic mass is 16.3. The highest BCUT2D eigenvalue weighted by Crippen LogP contribution is 2.25. The zero-order valence-electron chi connectivity index (χ0n) is 7.27. The van der Waals surface area contributed by atoms with Crippen molar-refractivity contribution < 1.29 is 15.0 Å². The van der Waals surface area contributed by atoms with E-state index in [9.17, 15) is 9.90 Å². The van der Waals surface area contributed by atoms with Crippen molar-refractivity contribution in [3.8, 4) is 0 Å². The fourth-order valence-electron chi connectivity index (χ4n) is 1.38. The number of nitrogens with one attached hydrogen (secondary N) is 1. The lowest BCUT2D eigenvalue weighted by atomic mass is 10.0. The highest BCUT2D eigenvalue weighted by Gasteiger charge is 2.36. The van der Waals surface area contributed by atoms with E-state index < -0.39 is 17.4 Å². The first-order valence-corrected chi connectivity index (χ1v) is 4.14. The summed E-state index contributed by atoms with van der Waals surface area (Å²) in [7, 11) is 0. The quantitative estimate of drug-likeness (QED) is 0.602. The molecule has 4 heteroatoms. The van der Waals surface area contributed by atoms with Gasteiger partial charge in [-0.3, -0.25) is 4.79 Å². The van der Waals surface area contributed by atoms with E-state index in [1.165, 1.54) is 0 Å². The van der Waals surface area contributed by atoms with E-state index >= 15 is 0 Å². The first-order chi connectivity index (χ1) is 6.62. The molecule has 1 heterocycles. The predicted octanol–water partition coefficient (Wildman–Crippen LogP) is 0.403. The first kappa shape index (κ1) is 8.77. The molecule has 0 aromatic heterocycles. The zero-order valence-corrected chi connectivity index (χ0v) is 7.27. The number of benzene rings is 1. The van der Waals surface area contributed by atoms with E-state index in [-0.39, 0.29) is 0 Å². The van der Waals surface area contributed by atoms with E-state index in [4.69, 9.17) is 5.11 Å². The average Bonchev–Trinajstić information content (AvgIpc) is 2.44. The van der Waals surface area contributed by atoms with Crippen molar-refractivity contribution in [3.05, 3.63) is 47.7 Å². The Labute approximate surface area is 80.5 Å². The van der Waals surface area contributed by atoms with Gasteiger partial charge in [0, 0.05) is 11.6 Å². The Balaban J connectivity index is 2.41. The minimum atomic E-state index is -1.58. The van der Waals surface area contributed by atoms with Crippen molar-refractivity contribution in [1.82, 2.24) is 5.32 Å². The molecule has 1 amide bonds. The number of aliphatic hydroxyl groups is 2. The fourth-order valence-corrected chi connectivity index (χ4v) is 1.38. The molecule has 4 nitrogen and oxygen atoms in total. The third-order valence-corrected chi connectivity index (χ3v) is 2.10. The van der Waals surface area contributed by atoms with Crippen LogP contribution < -0.4 is 5.32 Å². The molecule has 2 rings (SSSR count). The van der Waals surface area contributed by atoms with Gasteiger partial charge in [0.25, 0.3) is 5.91 Å². The number of carbonyl (C=O) groups excluding carboxylic acids is 1. The number of amides is 1. The van der Waals surface area contributed by atoms with Gasteiger partial charge in [0.1, 0.15) is 0 Å². The molecule has 3 N–H and O–H groups in total. The van der Waals surface area contributed by atoms with Crippen LogP contribution in [-0.4, -0.2) is 16.1 Å². The van der Waals surface area contributed by atoms with Crippen molar-refractivity contribution in [1.29, 1.82) is 0 Å². The van der Waals surface area contributed by atoms with Crippen LogP contribution in [0.5, 0.6) is 0 Å². The predicted molar refractivity (Wildman–Crippen MR) is 49.2 cm³/mol. The topological polar surface area (TPSA) is 69.6 Å². The Kier molecular flexibility index (Phi) is 1.79. The lowest BCUT2D eigenvalue weighted by molar-refractivity contribution is -0.122. The van der Waals surface area contributed by atoms with Gasteiger partial charge < -0.3 is 15.5 Å². The number of aliphatic hydroxyl groups excluding tert-OH is 1. The molecule has 1 aromatic carbocycles. The first-order valence-electron chi connectivity index (χ1n) is 4.14. The van der Waals surface area contributed by atoms with Crippen LogP contribution in [0.15, 0.2) is 42.2 Å². The summed E-state index contributed by atoms with van der Waals surface area (Å²) in [5.74, 6) is -1.13. The molecule has 0 spiro atoms. The molecule has 72 valence electrons. The largest absolute Gasteiger partial charge is 0.503 e. The van der Waals surface area contributed by atoms with Gasteiger partial charge in [-0.2, -0.15) is 0 Å². The van der Waals surface area contributed by atoms with Crippen LogP contribution in [0.4, 0.5) is 0 Å². The average molecular weight is 191 g/mol. The van der Waals surface area contributed by atoms with Crippen molar-refractivity contribution >= 4 is 5.91 Å². The Morgan fingerprint density at radius 2 is 1.86 bits per heavy atom. The molecule has 0 fully saturated rings. The summed E-state index contributed by atoms with van der Waals surface area (Å²) in [5.41, 5.74) is -1.07. The summed E-state index contributed by atoms with van der Waals surface area (Å²) in [6.07, 6.45) is 1.09. The molecule has 0 saturated heterocycles. The van der Waals surface area contributed by atoms with Crippen LogP contribution in [0, 0.1) is 0 Å². The summed E-state index contributed by atoms with van der Waals surface area (Å²) >= 11 is 0. The summed E-state index contributed by atoms with van der Waals surface area (Å²) in [6.45, 7) is 0. The molecule has 0 saturated carbocycles. The van der Waals surface area contributed by atoms with Crippen LogP contribution in [0.2, 0.25) is 0 Å². The molecule has 1 atom stereocenters. The van der Waals surface area contributed by atoms with E-state index in [0.29, 0.717) is 5.56 Å². The lowest BCUT2D eigenvalue weighted by Gasteiger charge is -2.20. The molecule has 0 aliphatic carbocycles. The van der Waals surface area contributed by atoms with Crippen LogP contribution in [0.1, 0.15) is 5.56 Å². The fraction of sp³-hybridized carbons (Fsp3) is 0.100. The maximum Gasteiger partial charge on any atom is 0.288 e. The molecule has 1 aliphatic rings. The molecular formula is C10H9NO3. The van der Waals surface area contributed by atoms with Gasteiger partial charge in [-0.15, -0.1) is 0 Å². The molecule has 0 bridgehead atoms. The lowest BCUT2D eigenvalue weighted by Crippen LogP contribution is -2.39. The smallest absolute Gasteiger partial charge is 0.288 e. The molecular weight excluding hydrogens is 182 g/mol. The van der Waals surface area contributed by atoms with E-state index in [2.05, 4.69) is 5.32 Å². The summed E-state index contributed by atoms with van der Waals surface area (Å²) in [4.78, 5) is 11.0. The minimum absolute atomic E-state index is 0.462. The van der Waals surface area contributed by atoms with Gasteiger partial charge in [0.05, 0.1) is 0 Å². The van der Waals surface area contributed by atoms with E-state index in [1.54, 1.807) is 30.3 Å². The van der Waals surface area contributed by atoms with Gasteiger partial charge >= 0.3 is 0 Å². The molecule has 14 heavy (non-hydrogen) atoms. The summed E-state index contributed by atoms with van der Waals surface area (Å²) in [6, 6.07) is 8.60. The van der Waals surface area contributed by atoms with Gasteiger partial charge in [0.2, 0.25) is 0 Å². The SMILES string of the molecule is O=C1NC(O)(c2ccccc2)C=C1O. The maximum absolute atomic E-state index is 11.0.